The Kier molecular flexibility index (Phi) is 5.20. The zero-order valence-electron chi connectivity index (χ0n) is 10.6. The van der Waals surface area contributed by atoms with E-state index in [0.717, 1.165) is 26.2 Å². The number of β-amino-alcohol motifs (C(OH)–C–C–N with tert-alkyl or cyclic N) is 1. The van der Waals surface area contributed by atoms with Gasteiger partial charge in [0.1, 0.15) is 5.82 Å². The second-order valence-electron chi connectivity index (χ2n) is 4.49. The minimum Gasteiger partial charge on any atom is -0.391 e. The summed E-state index contributed by atoms with van der Waals surface area (Å²) in [7, 11) is 0. The molecule has 19 heavy (non-hydrogen) atoms. The smallest absolute Gasteiger partial charge is 0.253 e. The second kappa shape index (κ2) is 6.90. The Hall–Kier alpha value is -1.09. The highest BCUT2D eigenvalue weighted by Crippen LogP contribution is 2.13. The van der Waals surface area contributed by atoms with Crippen LogP contribution in [0.5, 0.6) is 0 Å². The van der Waals surface area contributed by atoms with Gasteiger partial charge >= 0.3 is 0 Å². The summed E-state index contributed by atoms with van der Waals surface area (Å²) < 4.78 is 0. The van der Waals surface area contributed by atoms with Crippen LogP contribution >= 0.6 is 11.8 Å². The van der Waals surface area contributed by atoms with Gasteiger partial charge in [-0.25, -0.2) is 4.98 Å². The normalized spacial score (nSPS) is 18.4. The maximum Gasteiger partial charge on any atom is 0.253 e. The fourth-order valence-electron chi connectivity index (χ4n) is 1.94. The molecular formula is C11H19N5O2S. The van der Waals surface area contributed by atoms with Crippen LogP contribution in [0.15, 0.2) is 16.0 Å². The maximum absolute atomic E-state index is 11.2. The standard InChI is InChI=1S/C11H19N5O2S/c12-9-5-10(18)15-11(14-9)19-7-8(17)6-16-3-1-13-2-4-16/h5,8,13,17H,1-4,6-7H2,(H3,12,14,15,18). The molecule has 7 nitrogen and oxygen atoms in total. The number of thioether (sulfide) groups is 1. The van der Waals surface area contributed by atoms with E-state index in [-0.39, 0.29) is 11.4 Å². The van der Waals surface area contributed by atoms with Crippen molar-refractivity contribution in [1.29, 1.82) is 0 Å². The van der Waals surface area contributed by atoms with E-state index in [1.54, 1.807) is 0 Å². The number of aliphatic hydroxyl groups is 1. The molecule has 1 aliphatic heterocycles. The topological polar surface area (TPSA) is 107 Å². The molecule has 1 saturated heterocycles. The summed E-state index contributed by atoms with van der Waals surface area (Å²) in [5, 5.41) is 13.7. The summed E-state index contributed by atoms with van der Waals surface area (Å²) in [6, 6.07) is 1.24. The molecule has 1 atom stereocenters. The largest absolute Gasteiger partial charge is 0.391 e. The third-order valence-corrected chi connectivity index (χ3v) is 3.85. The van der Waals surface area contributed by atoms with Crippen molar-refractivity contribution in [1.82, 2.24) is 20.2 Å². The molecule has 1 aromatic heterocycles. The number of anilines is 1. The second-order valence-corrected chi connectivity index (χ2v) is 5.50. The summed E-state index contributed by atoms with van der Waals surface area (Å²) in [6.07, 6.45) is -0.449. The van der Waals surface area contributed by atoms with Crippen molar-refractivity contribution >= 4 is 17.6 Å². The molecule has 0 amide bonds. The molecule has 1 unspecified atom stereocenters. The lowest BCUT2D eigenvalue weighted by Crippen LogP contribution is -2.46. The number of nitrogens with one attached hydrogen (secondary N) is 2. The average Bonchev–Trinajstić information content (AvgIpc) is 2.36. The molecule has 0 aromatic carbocycles. The number of hydrogen-bond donors (Lipinski definition) is 4. The third kappa shape index (κ3) is 4.83. The molecule has 5 N–H and O–H groups in total. The van der Waals surface area contributed by atoms with Gasteiger partial charge in [-0.2, -0.15) is 0 Å². The fourth-order valence-corrected chi connectivity index (χ4v) is 2.74. The van der Waals surface area contributed by atoms with Gasteiger partial charge in [-0.05, 0) is 0 Å². The van der Waals surface area contributed by atoms with E-state index < -0.39 is 6.10 Å². The maximum atomic E-state index is 11.2. The number of aromatic nitrogens is 2. The van der Waals surface area contributed by atoms with E-state index in [0.29, 0.717) is 17.5 Å². The zero-order chi connectivity index (χ0) is 13.7. The number of hydrogen-bond acceptors (Lipinski definition) is 7. The van der Waals surface area contributed by atoms with Crippen molar-refractivity contribution in [2.24, 2.45) is 0 Å². The third-order valence-electron chi connectivity index (χ3n) is 2.83. The van der Waals surface area contributed by atoms with Gasteiger partial charge in [0.2, 0.25) is 0 Å². The minimum atomic E-state index is -0.449. The van der Waals surface area contributed by atoms with Crippen molar-refractivity contribution in [3.63, 3.8) is 0 Å². The molecule has 2 rings (SSSR count). The molecule has 106 valence electrons. The van der Waals surface area contributed by atoms with Crippen LogP contribution in [0.2, 0.25) is 0 Å². The Labute approximate surface area is 115 Å². The number of nitrogens with two attached hydrogens (primary N) is 1. The van der Waals surface area contributed by atoms with E-state index in [1.165, 1.54) is 17.8 Å². The Balaban J connectivity index is 1.79. The lowest BCUT2D eigenvalue weighted by molar-refractivity contribution is 0.121. The predicted molar refractivity (Wildman–Crippen MR) is 75.3 cm³/mol. The molecule has 0 saturated carbocycles. The summed E-state index contributed by atoms with van der Waals surface area (Å²) in [6.45, 7) is 4.47. The van der Waals surface area contributed by atoms with Crippen LogP contribution in [0.4, 0.5) is 5.82 Å². The molecule has 2 heterocycles. The van der Waals surface area contributed by atoms with Gasteiger partial charge in [-0.3, -0.25) is 9.69 Å². The Bertz CT molecular complexity index is 461. The van der Waals surface area contributed by atoms with E-state index >= 15 is 0 Å². The number of rotatable bonds is 5. The molecule has 1 aliphatic rings. The lowest BCUT2D eigenvalue weighted by Gasteiger charge is -2.28. The highest BCUT2D eigenvalue weighted by atomic mass is 32.2. The molecule has 1 fully saturated rings. The molecule has 0 aliphatic carbocycles. The van der Waals surface area contributed by atoms with E-state index in [1.807, 2.05) is 0 Å². The van der Waals surface area contributed by atoms with Crippen molar-refractivity contribution < 1.29 is 5.11 Å². The highest BCUT2D eigenvalue weighted by molar-refractivity contribution is 7.99. The van der Waals surface area contributed by atoms with Crippen molar-refractivity contribution in [3.05, 3.63) is 16.4 Å². The Morgan fingerprint density at radius 3 is 2.95 bits per heavy atom. The van der Waals surface area contributed by atoms with Crippen LogP contribution in [-0.4, -0.2) is 64.6 Å². The summed E-state index contributed by atoms with van der Waals surface area (Å²) in [5.74, 6) is 0.680. The van der Waals surface area contributed by atoms with Gasteiger partial charge in [0.15, 0.2) is 5.16 Å². The highest BCUT2D eigenvalue weighted by Gasteiger charge is 2.14. The van der Waals surface area contributed by atoms with Crippen LogP contribution in [0, 0.1) is 0 Å². The SMILES string of the molecule is Nc1cc(=O)[nH]c(SCC(O)CN2CCNCC2)n1. The fraction of sp³-hybridized carbons (Fsp3) is 0.636. The molecule has 0 spiro atoms. The van der Waals surface area contributed by atoms with Gasteiger partial charge < -0.3 is 21.1 Å². The van der Waals surface area contributed by atoms with Crippen molar-refractivity contribution in [2.75, 3.05) is 44.2 Å². The van der Waals surface area contributed by atoms with Gasteiger partial charge in [-0.1, -0.05) is 11.8 Å². The summed E-state index contributed by atoms with van der Waals surface area (Å²) in [5.41, 5.74) is 5.22. The van der Waals surface area contributed by atoms with Crippen LogP contribution in [0.3, 0.4) is 0 Å². The van der Waals surface area contributed by atoms with Crippen LogP contribution in [0.1, 0.15) is 0 Å². The van der Waals surface area contributed by atoms with Crippen LogP contribution in [0.25, 0.3) is 0 Å². The zero-order valence-corrected chi connectivity index (χ0v) is 11.4. The first kappa shape index (κ1) is 14.3. The number of H-pyrrole nitrogens is 1. The van der Waals surface area contributed by atoms with Crippen molar-refractivity contribution in [2.45, 2.75) is 11.3 Å². The first-order valence-electron chi connectivity index (χ1n) is 6.24. The molecular weight excluding hydrogens is 266 g/mol. The molecule has 1 aromatic rings. The summed E-state index contributed by atoms with van der Waals surface area (Å²) >= 11 is 1.31. The monoisotopic (exact) mass is 285 g/mol. The Morgan fingerprint density at radius 2 is 2.26 bits per heavy atom. The van der Waals surface area contributed by atoms with E-state index in [4.69, 9.17) is 5.73 Å². The van der Waals surface area contributed by atoms with Crippen LogP contribution < -0.4 is 16.6 Å². The number of aliphatic hydroxyl groups excluding tert-OH is 1. The average molecular weight is 285 g/mol. The van der Waals surface area contributed by atoms with Gasteiger partial charge in [0.05, 0.1) is 6.10 Å². The molecule has 0 bridgehead atoms. The van der Waals surface area contributed by atoms with Crippen LogP contribution in [-0.2, 0) is 0 Å². The van der Waals surface area contributed by atoms with Gasteiger partial charge in [-0.15, -0.1) is 0 Å². The number of nitrogen functional groups attached to an aromatic ring is 1. The van der Waals surface area contributed by atoms with E-state index in [9.17, 15) is 9.90 Å². The quantitative estimate of drug-likeness (QED) is 0.394. The van der Waals surface area contributed by atoms with Crippen molar-refractivity contribution in [3.8, 4) is 0 Å². The molecule has 8 heteroatoms. The Morgan fingerprint density at radius 1 is 1.53 bits per heavy atom. The first-order chi connectivity index (χ1) is 9.13. The van der Waals surface area contributed by atoms with Gasteiger partial charge in [0, 0.05) is 44.5 Å². The predicted octanol–water partition coefficient (Wildman–Crippen LogP) is -1.29. The summed E-state index contributed by atoms with van der Waals surface area (Å²) in [4.78, 5) is 20.0. The van der Waals surface area contributed by atoms with E-state index in [2.05, 4.69) is 20.2 Å². The minimum absolute atomic E-state index is 0.197. The number of piperazine rings is 1. The van der Waals surface area contributed by atoms with Gasteiger partial charge in [0.25, 0.3) is 5.56 Å². The number of aromatic amines is 1. The first-order valence-corrected chi connectivity index (χ1v) is 7.23. The molecule has 0 radical (unpaired) electrons. The lowest BCUT2D eigenvalue weighted by atomic mass is 10.3. The number of nitrogens with zero attached hydrogens (tertiary/aromatic N) is 2.